The summed E-state index contributed by atoms with van der Waals surface area (Å²) in [5, 5.41) is 2.86. The second-order valence-corrected chi connectivity index (χ2v) is 10.7. The first-order valence-corrected chi connectivity index (χ1v) is 12.9. The molecule has 2 heterocycles. The Kier molecular flexibility index (Phi) is 6.72. The summed E-state index contributed by atoms with van der Waals surface area (Å²) < 4.78 is 30.3. The molecule has 0 spiro atoms. The summed E-state index contributed by atoms with van der Waals surface area (Å²) >= 11 is 0. The Morgan fingerprint density at radius 1 is 0.818 bits per heavy atom. The van der Waals surface area contributed by atoms with Crippen molar-refractivity contribution < 1.29 is 13.2 Å². The van der Waals surface area contributed by atoms with Crippen molar-refractivity contribution in [3.8, 4) is 5.69 Å². The van der Waals surface area contributed by atoms with Gasteiger partial charge >= 0.3 is 0 Å². The van der Waals surface area contributed by atoms with E-state index in [0.717, 1.165) is 42.8 Å². The highest BCUT2D eigenvalue weighted by Crippen LogP contribution is 2.26. The molecule has 7 heteroatoms. The van der Waals surface area contributed by atoms with Gasteiger partial charge in [0, 0.05) is 41.4 Å². The number of hydrogen-bond acceptors (Lipinski definition) is 3. The fourth-order valence-corrected chi connectivity index (χ4v) is 6.19. The lowest BCUT2D eigenvalue weighted by molar-refractivity contribution is 0.102. The number of rotatable bonds is 5. The van der Waals surface area contributed by atoms with Gasteiger partial charge in [-0.1, -0.05) is 18.9 Å². The van der Waals surface area contributed by atoms with Gasteiger partial charge in [-0.3, -0.25) is 4.79 Å². The van der Waals surface area contributed by atoms with E-state index in [4.69, 9.17) is 0 Å². The molecule has 174 valence electrons. The van der Waals surface area contributed by atoms with E-state index >= 15 is 0 Å². The number of nitrogens with zero attached hydrogens (tertiary/aromatic N) is 2. The fraction of sp³-hybridized carbons (Fsp3) is 0.346. The molecule has 1 aliphatic rings. The van der Waals surface area contributed by atoms with Crippen molar-refractivity contribution in [2.24, 2.45) is 0 Å². The van der Waals surface area contributed by atoms with Crippen molar-refractivity contribution >= 4 is 21.6 Å². The van der Waals surface area contributed by atoms with Crippen molar-refractivity contribution in [2.75, 3.05) is 18.4 Å². The van der Waals surface area contributed by atoms with Crippen molar-refractivity contribution in [2.45, 2.75) is 51.3 Å². The van der Waals surface area contributed by atoms with Gasteiger partial charge in [0.05, 0.1) is 4.90 Å². The quantitative estimate of drug-likeness (QED) is 0.562. The molecular weight excluding hydrogens is 434 g/mol. The summed E-state index contributed by atoms with van der Waals surface area (Å²) in [6.45, 7) is 6.97. The third-order valence-corrected chi connectivity index (χ3v) is 8.33. The van der Waals surface area contributed by atoms with E-state index in [1.165, 1.54) is 0 Å². The van der Waals surface area contributed by atoms with Gasteiger partial charge in [0.2, 0.25) is 10.0 Å². The van der Waals surface area contributed by atoms with E-state index in [0.29, 0.717) is 29.9 Å². The monoisotopic (exact) mass is 465 g/mol. The van der Waals surface area contributed by atoms with Gasteiger partial charge in [0.15, 0.2) is 0 Å². The number of hydrogen-bond donors (Lipinski definition) is 1. The maximum atomic E-state index is 13.3. The van der Waals surface area contributed by atoms with Crippen LogP contribution in [0.25, 0.3) is 5.69 Å². The Bertz CT molecular complexity index is 1230. The standard InChI is InChI=1S/C26H31N3O3S/c1-19-8-13-23(18-25(19)33(31,32)28-16-6-4-5-7-17-28)27-26(30)22-11-14-24(15-12-22)29-20(2)9-10-21(29)3/h8-15,18H,4-7,16-17H2,1-3H3,(H,27,30). The Morgan fingerprint density at radius 3 is 2.03 bits per heavy atom. The van der Waals surface area contributed by atoms with Crippen molar-refractivity contribution in [1.82, 2.24) is 8.87 Å². The number of carbonyl (C=O) groups excluding carboxylic acids is 1. The van der Waals surface area contributed by atoms with E-state index in [1.807, 2.05) is 26.0 Å². The molecule has 33 heavy (non-hydrogen) atoms. The highest BCUT2D eigenvalue weighted by Gasteiger charge is 2.27. The predicted octanol–water partition coefficient (Wildman–Crippen LogP) is 5.22. The molecule has 1 aliphatic heterocycles. The van der Waals surface area contributed by atoms with E-state index < -0.39 is 10.0 Å². The molecule has 4 rings (SSSR count). The number of aryl methyl sites for hydroxylation is 3. The number of amides is 1. The molecule has 0 aliphatic carbocycles. The number of benzene rings is 2. The van der Waals surface area contributed by atoms with E-state index in [1.54, 1.807) is 41.6 Å². The summed E-state index contributed by atoms with van der Waals surface area (Å²) in [7, 11) is -3.60. The zero-order valence-corrected chi connectivity index (χ0v) is 20.3. The lowest BCUT2D eigenvalue weighted by Gasteiger charge is -2.21. The summed E-state index contributed by atoms with van der Waals surface area (Å²) in [5.41, 5.74) is 4.91. The van der Waals surface area contributed by atoms with Gasteiger partial charge in [0.1, 0.15) is 0 Å². The van der Waals surface area contributed by atoms with Crippen LogP contribution in [0.5, 0.6) is 0 Å². The number of anilines is 1. The number of carbonyl (C=O) groups is 1. The zero-order chi connectivity index (χ0) is 23.6. The van der Waals surface area contributed by atoms with Crippen LogP contribution in [0.4, 0.5) is 5.69 Å². The lowest BCUT2D eigenvalue weighted by atomic mass is 10.1. The van der Waals surface area contributed by atoms with E-state index in [2.05, 4.69) is 22.0 Å². The second kappa shape index (κ2) is 9.53. The SMILES string of the molecule is Cc1ccc(NC(=O)c2ccc(-n3c(C)ccc3C)cc2)cc1S(=O)(=O)N1CCCCCC1. The molecule has 0 radical (unpaired) electrons. The Balaban J connectivity index is 1.54. The number of sulfonamides is 1. The third-order valence-electron chi connectivity index (χ3n) is 6.29. The van der Waals surface area contributed by atoms with E-state index in [9.17, 15) is 13.2 Å². The number of nitrogens with one attached hydrogen (secondary N) is 1. The van der Waals surface area contributed by atoms with Crippen molar-refractivity contribution in [1.29, 1.82) is 0 Å². The summed E-state index contributed by atoms with van der Waals surface area (Å²) in [6.07, 6.45) is 3.88. The van der Waals surface area contributed by atoms with Crippen LogP contribution >= 0.6 is 0 Å². The van der Waals surface area contributed by atoms with Crippen LogP contribution in [-0.4, -0.2) is 36.3 Å². The first-order valence-electron chi connectivity index (χ1n) is 11.4. The molecule has 0 unspecified atom stereocenters. The minimum Gasteiger partial charge on any atom is -0.322 e. The average molecular weight is 466 g/mol. The van der Waals surface area contributed by atoms with E-state index in [-0.39, 0.29) is 10.8 Å². The van der Waals surface area contributed by atoms with Gasteiger partial charge in [-0.15, -0.1) is 0 Å². The molecule has 0 atom stereocenters. The molecule has 2 aromatic carbocycles. The molecule has 6 nitrogen and oxygen atoms in total. The first kappa shape index (κ1) is 23.3. The minimum absolute atomic E-state index is 0.260. The average Bonchev–Trinajstić information content (AvgIpc) is 2.98. The molecule has 3 aromatic rings. The normalized spacial score (nSPS) is 15.2. The summed E-state index contributed by atoms with van der Waals surface area (Å²) in [4.78, 5) is 13.1. The molecule has 1 fully saturated rings. The van der Waals surface area contributed by atoms with Crippen LogP contribution in [-0.2, 0) is 10.0 Å². The smallest absolute Gasteiger partial charge is 0.255 e. The Hall–Kier alpha value is -2.90. The second-order valence-electron chi connectivity index (χ2n) is 8.75. The highest BCUT2D eigenvalue weighted by molar-refractivity contribution is 7.89. The third kappa shape index (κ3) is 4.89. The van der Waals surface area contributed by atoms with Crippen LogP contribution in [0.2, 0.25) is 0 Å². The van der Waals surface area contributed by atoms with Crippen LogP contribution < -0.4 is 5.32 Å². The predicted molar refractivity (Wildman–Crippen MR) is 132 cm³/mol. The lowest BCUT2D eigenvalue weighted by Crippen LogP contribution is -2.32. The molecule has 0 saturated carbocycles. The molecule has 0 bridgehead atoms. The topological polar surface area (TPSA) is 71.4 Å². The fourth-order valence-electron chi connectivity index (χ4n) is 4.42. The Morgan fingerprint density at radius 2 is 1.42 bits per heavy atom. The van der Waals surface area contributed by atoms with Gasteiger partial charge < -0.3 is 9.88 Å². The van der Waals surface area contributed by atoms with Crippen molar-refractivity contribution in [3.63, 3.8) is 0 Å². The minimum atomic E-state index is -3.60. The summed E-state index contributed by atoms with van der Waals surface area (Å²) in [5.74, 6) is -0.274. The maximum Gasteiger partial charge on any atom is 0.255 e. The molecule has 1 amide bonds. The zero-order valence-electron chi connectivity index (χ0n) is 19.5. The summed E-state index contributed by atoms with van der Waals surface area (Å²) in [6, 6.07) is 16.6. The molecule has 1 N–H and O–H groups in total. The Labute approximate surface area is 196 Å². The highest BCUT2D eigenvalue weighted by atomic mass is 32.2. The van der Waals surface area contributed by atoms with Crippen LogP contribution in [0, 0.1) is 20.8 Å². The largest absolute Gasteiger partial charge is 0.322 e. The van der Waals surface area contributed by atoms with Crippen LogP contribution in [0.3, 0.4) is 0 Å². The maximum absolute atomic E-state index is 13.3. The van der Waals surface area contributed by atoms with Crippen LogP contribution in [0.15, 0.2) is 59.5 Å². The van der Waals surface area contributed by atoms with Gasteiger partial charge in [-0.05, 0) is 87.7 Å². The molecule has 1 aromatic heterocycles. The molecule has 1 saturated heterocycles. The first-order chi connectivity index (χ1) is 15.8. The van der Waals surface area contributed by atoms with Gasteiger partial charge in [-0.2, -0.15) is 4.31 Å². The number of aromatic nitrogens is 1. The van der Waals surface area contributed by atoms with Gasteiger partial charge in [0.25, 0.3) is 5.91 Å². The molecular formula is C26H31N3O3S. The van der Waals surface area contributed by atoms with Crippen LogP contribution in [0.1, 0.15) is 53.0 Å². The van der Waals surface area contributed by atoms with Crippen molar-refractivity contribution in [3.05, 3.63) is 77.1 Å². The van der Waals surface area contributed by atoms with Gasteiger partial charge in [-0.25, -0.2) is 8.42 Å².